The smallest absolute Gasteiger partial charge is 0.338 e. The van der Waals surface area contributed by atoms with E-state index in [1.165, 1.54) is 0 Å². The number of fused-ring (bicyclic) bond motifs is 3. The van der Waals surface area contributed by atoms with E-state index in [1.807, 2.05) is 79.7 Å². The molecule has 0 amide bonds. The normalized spacial score (nSPS) is 13.3. The summed E-state index contributed by atoms with van der Waals surface area (Å²) in [4.78, 5) is 13.4. The van der Waals surface area contributed by atoms with Crippen molar-refractivity contribution in [2.24, 2.45) is 0 Å². The summed E-state index contributed by atoms with van der Waals surface area (Å²) in [5.41, 5.74) is 3.19. The molecule has 4 aromatic rings. The molecule has 0 radical (unpaired) electrons. The molecule has 0 aliphatic carbocycles. The zero-order valence-corrected chi connectivity index (χ0v) is 24.8. The number of hydrogen-bond acceptors (Lipinski definition) is 6. The minimum Gasteiger partial charge on any atom is -0.497 e. The highest BCUT2D eigenvalue weighted by atomic mass is 16.6. The Balaban J connectivity index is 1.38. The van der Waals surface area contributed by atoms with Crippen molar-refractivity contribution in [2.75, 3.05) is 40.1 Å². The van der Waals surface area contributed by atoms with Crippen molar-refractivity contribution in [1.82, 2.24) is 0 Å². The van der Waals surface area contributed by atoms with Crippen LogP contribution in [-0.4, -0.2) is 46.1 Å². The number of rotatable bonds is 14. The summed E-state index contributed by atoms with van der Waals surface area (Å²) in [6.07, 6.45) is 5.77. The van der Waals surface area contributed by atoms with Crippen LogP contribution in [0, 0.1) is 0 Å². The minimum atomic E-state index is -0.891. The lowest BCUT2D eigenvalue weighted by atomic mass is 9.82. The highest BCUT2D eigenvalue weighted by Crippen LogP contribution is 2.46. The van der Waals surface area contributed by atoms with Crippen LogP contribution in [0.3, 0.4) is 0 Å². The molecule has 1 aliphatic rings. The van der Waals surface area contributed by atoms with Crippen molar-refractivity contribution < 1.29 is 28.5 Å². The number of carbonyl (C=O) groups excluding carboxylic acids is 1. The fraction of sp³-hybridized carbons (Fsp3) is 0.270. The maximum absolute atomic E-state index is 13.4. The zero-order valence-electron chi connectivity index (χ0n) is 24.8. The molecular weight excluding hydrogens is 540 g/mol. The van der Waals surface area contributed by atoms with Crippen LogP contribution >= 0.6 is 0 Å². The molecule has 1 aliphatic heterocycles. The van der Waals surface area contributed by atoms with Gasteiger partial charge in [-0.05, 0) is 55.5 Å². The van der Waals surface area contributed by atoms with Gasteiger partial charge in [0.25, 0.3) is 0 Å². The number of esters is 1. The van der Waals surface area contributed by atoms with Crippen molar-refractivity contribution in [3.05, 3.63) is 125 Å². The Morgan fingerprint density at radius 3 is 2.16 bits per heavy atom. The maximum atomic E-state index is 13.4. The van der Waals surface area contributed by atoms with E-state index in [4.69, 9.17) is 23.7 Å². The summed E-state index contributed by atoms with van der Waals surface area (Å²) in [7, 11) is 1.64. The van der Waals surface area contributed by atoms with Crippen LogP contribution in [-0.2, 0) is 19.8 Å². The van der Waals surface area contributed by atoms with Gasteiger partial charge in [-0.15, -0.1) is 0 Å². The molecule has 4 aromatic carbocycles. The van der Waals surface area contributed by atoms with Crippen LogP contribution in [0.15, 0.2) is 103 Å². The third-order valence-corrected chi connectivity index (χ3v) is 7.35. The summed E-state index contributed by atoms with van der Waals surface area (Å²) in [5, 5.41) is 1.70. The predicted molar refractivity (Wildman–Crippen MR) is 170 cm³/mol. The van der Waals surface area contributed by atoms with Gasteiger partial charge in [0.1, 0.15) is 18.1 Å². The molecule has 0 fully saturated rings. The number of unbranched alkanes of at least 4 members (excludes halogenated alkanes) is 1. The molecular formula is C37H38O6. The third-order valence-electron chi connectivity index (χ3n) is 7.35. The van der Waals surface area contributed by atoms with E-state index in [1.54, 1.807) is 7.11 Å². The Kier molecular flexibility index (Phi) is 9.92. The highest BCUT2D eigenvalue weighted by Gasteiger charge is 2.38. The van der Waals surface area contributed by atoms with E-state index in [9.17, 15) is 4.79 Å². The van der Waals surface area contributed by atoms with Crippen LogP contribution in [0.5, 0.6) is 11.5 Å². The Labute approximate surface area is 253 Å². The first-order valence-electron chi connectivity index (χ1n) is 14.6. The minimum absolute atomic E-state index is 0.156. The molecule has 0 atom stereocenters. The molecule has 6 heteroatoms. The van der Waals surface area contributed by atoms with Crippen molar-refractivity contribution in [1.29, 1.82) is 0 Å². The van der Waals surface area contributed by atoms with Crippen LogP contribution in [0.25, 0.3) is 16.8 Å². The molecule has 6 nitrogen and oxygen atoms in total. The second-order valence-electron chi connectivity index (χ2n) is 10.6. The highest BCUT2D eigenvalue weighted by molar-refractivity contribution is 6.04. The first kappa shape index (κ1) is 30.1. The first-order valence-corrected chi connectivity index (χ1v) is 14.6. The summed E-state index contributed by atoms with van der Waals surface area (Å²) >= 11 is 0. The lowest BCUT2D eigenvalue weighted by Crippen LogP contribution is -2.34. The van der Waals surface area contributed by atoms with Crippen molar-refractivity contribution >= 4 is 22.8 Å². The van der Waals surface area contributed by atoms with E-state index in [2.05, 4.69) is 30.8 Å². The van der Waals surface area contributed by atoms with Gasteiger partial charge in [0.2, 0.25) is 0 Å². The van der Waals surface area contributed by atoms with Gasteiger partial charge >= 0.3 is 5.97 Å². The summed E-state index contributed by atoms with van der Waals surface area (Å²) in [6, 6.07) is 27.8. The SMILES string of the molecule is C=C(C)COCCCCOCCOC(=O)c1cc2ccc(OC)cc2c2c1C=CC(c1ccccc1)(c1ccccc1)O2. The fourth-order valence-electron chi connectivity index (χ4n) is 5.20. The van der Waals surface area contributed by atoms with Crippen LogP contribution in [0.2, 0.25) is 0 Å². The van der Waals surface area contributed by atoms with Crippen LogP contribution in [0.1, 0.15) is 46.8 Å². The van der Waals surface area contributed by atoms with Gasteiger partial charge in [0.05, 0.1) is 25.9 Å². The standard InChI is InChI=1S/C37H38O6/c1-27(2)26-41-21-11-10-20-40-22-23-42-36(38)34-24-28-16-17-31(39-3)25-33(28)35-32(34)18-19-37(43-35,29-12-6-4-7-13-29)30-14-8-5-9-15-30/h4-9,12-19,24-25H,1,10-11,20-23,26H2,2-3H3. The monoisotopic (exact) mass is 578 g/mol. The molecule has 0 N–H and O–H groups in total. The average Bonchev–Trinajstić information content (AvgIpc) is 3.05. The zero-order chi connectivity index (χ0) is 30.1. The Morgan fingerprint density at radius 2 is 1.51 bits per heavy atom. The van der Waals surface area contributed by atoms with Crippen molar-refractivity contribution in [3.63, 3.8) is 0 Å². The van der Waals surface area contributed by atoms with Gasteiger partial charge in [-0.25, -0.2) is 4.79 Å². The quantitative estimate of drug-likeness (QED) is 0.0866. The predicted octanol–water partition coefficient (Wildman–Crippen LogP) is 7.74. The van der Waals surface area contributed by atoms with Gasteiger partial charge in [0.15, 0.2) is 5.60 Å². The van der Waals surface area contributed by atoms with E-state index in [0.717, 1.165) is 40.3 Å². The Bertz CT molecular complexity index is 1540. The number of hydrogen-bond donors (Lipinski definition) is 0. The maximum Gasteiger partial charge on any atom is 0.338 e. The van der Waals surface area contributed by atoms with Crippen LogP contribution in [0.4, 0.5) is 0 Å². The lowest BCUT2D eigenvalue weighted by Gasteiger charge is -2.37. The van der Waals surface area contributed by atoms with E-state index < -0.39 is 11.6 Å². The second kappa shape index (κ2) is 14.2. The van der Waals surface area contributed by atoms with Crippen LogP contribution < -0.4 is 9.47 Å². The van der Waals surface area contributed by atoms with Crippen molar-refractivity contribution in [2.45, 2.75) is 25.4 Å². The van der Waals surface area contributed by atoms with Gasteiger partial charge in [0, 0.05) is 35.3 Å². The Hall–Kier alpha value is -4.39. The van der Waals surface area contributed by atoms with Gasteiger partial charge in [-0.3, -0.25) is 0 Å². The molecule has 0 aromatic heterocycles. The Morgan fingerprint density at radius 1 is 0.837 bits per heavy atom. The van der Waals surface area contributed by atoms with Gasteiger partial charge < -0.3 is 23.7 Å². The largest absolute Gasteiger partial charge is 0.497 e. The molecule has 0 saturated carbocycles. The summed E-state index contributed by atoms with van der Waals surface area (Å²) in [6.45, 7) is 8.10. The molecule has 0 saturated heterocycles. The lowest BCUT2D eigenvalue weighted by molar-refractivity contribution is 0.0303. The molecule has 0 unspecified atom stereocenters. The van der Waals surface area contributed by atoms with Crippen molar-refractivity contribution in [3.8, 4) is 11.5 Å². The van der Waals surface area contributed by atoms with Gasteiger partial charge in [-0.2, -0.15) is 0 Å². The third kappa shape index (κ3) is 6.99. The molecule has 0 spiro atoms. The second-order valence-corrected chi connectivity index (χ2v) is 10.6. The average molecular weight is 579 g/mol. The number of benzene rings is 4. The topological polar surface area (TPSA) is 63.2 Å². The number of ether oxygens (including phenoxy) is 5. The van der Waals surface area contributed by atoms with E-state index >= 15 is 0 Å². The number of carbonyl (C=O) groups is 1. The van der Waals surface area contributed by atoms with E-state index in [0.29, 0.717) is 49.1 Å². The van der Waals surface area contributed by atoms with E-state index in [-0.39, 0.29) is 6.61 Å². The molecule has 0 bridgehead atoms. The molecule has 5 rings (SSSR count). The molecule has 1 heterocycles. The summed E-state index contributed by atoms with van der Waals surface area (Å²) < 4.78 is 29.4. The van der Waals surface area contributed by atoms with Gasteiger partial charge in [-0.1, -0.05) is 78.9 Å². The summed E-state index contributed by atoms with van der Waals surface area (Å²) in [5.74, 6) is 0.877. The fourth-order valence-corrected chi connectivity index (χ4v) is 5.20. The molecule has 43 heavy (non-hydrogen) atoms. The molecule has 222 valence electrons. The number of methoxy groups -OCH3 is 1. The first-order chi connectivity index (χ1) is 21.0.